The maximum absolute atomic E-state index is 11.9. The predicted octanol–water partition coefficient (Wildman–Crippen LogP) is 3.30. The molecule has 0 heterocycles. The molecule has 1 saturated carbocycles. The van der Waals surface area contributed by atoms with Crippen molar-refractivity contribution in [3.05, 3.63) is 35.4 Å². The van der Waals surface area contributed by atoms with Crippen LogP contribution in [-0.2, 0) is 15.3 Å². The highest BCUT2D eigenvalue weighted by molar-refractivity contribution is 7.98. The molecule has 2 rings (SSSR count). The normalized spacial score (nSPS) is 15.7. The minimum atomic E-state index is -0.137. The minimum Gasteiger partial charge on any atom is -0.465 e. The van der Waals surface area contributed by atoms with E-state index < -0.39 is 0 Å². The fourth-order valence-corrected chi connectivity index (χ4v) is 3.29. The summed E-state index contributed by atoms with van der Waals surface area (Å²) in [5, 5.41) is 3.40. The second-order valence-corrected chi connectivity index (χ2v) is 6.62. The molecule has 116 valence electrons. The van der Waals surface area contributed by atoms with Gasteiger partial charge in [-0.3, -0.25) is 4.79 Å². The Bertz CT molecular complexity index is 460. The molecule has 21 heavy (non-hydrogen) atoms. The molecule has 0 spiro atoms. The minimum absolute atomic E-state index is 0.0964. The summed E-state index contributed by atoms with van der Waals surface area (Å²) < 4.78 is 5.16. The maximum atomic E-state index is 11.9. The highest BCUT2D eigenvalue weighted by Gasteiger charge is 2.28. The zero-order chi connectivity index (χ0) is 15.1. The number of esters is 1. The Hall–Kier alpha value is -1.00. The van der Waals surface area contributed by atoms with Crippen LogP contribution in [0.3, 0.4) is 0 Å². The number of rotatable bonds is 9. The standard InChI is InChI=1S/C17H25NO2S/c1-3-20-17(19)16(18-15-8-9-15)10-11-21-12-14-7-5-4-6-13(14)2/h4-7,15-16,18H,3,8-12H2,1-2H3. The molecule has 4 heteroatoms. The van der Waals surface area contributed by atoms with Crippen LogP contribution < -0.4 is 5.32 Å². The van der Waals surface area contributed by atoms with Crippen molar-refractivity contribution >= 4 is 17.7 Å². The molecule has 1 atom stereocenters. The van der Waals surface area contributed by atoms with Gasteiger partial charge < -0.3 is 10.1 Å². The fraction of sp³-hybridized carbons (Fsp3) is 0.588. The van der Waals surface area contributed by atoms with Crippen LogP contribution in [0, 0.1) is 6.92 Å². The summed E-state index contributed by atoms with van der Waals surface area (Å²) in [5.74, 6) is 1.88. The van der Waals surface area contributed by atoms with Crippen molar-refractivity contribution in [1.82, 2.24) is 5.32 Å². The Labute approximate surface area is 131 Å². The Kier molecular flexibility index (Phi) is 6.58. The molecule has 1 N–H and O–H groups in total. The van der Waals surface area contributed by atoms with Crippen molar-refractivity contribution in [1.29, 1.82) is 0 Å². The van der Waals surface area contributed by atoms with Gasteiger partial charge >= 0.3 is 5.97 Å². The molecule has 1 aromatic rings. The fourth-order valence-electron chi connectivity index (χ4n) is 2.20. The van der Waals surface area contributed by atoms with E-state index >= 15 is 0 Å². The second-order valence-electron chi connectivity index (χ2n) is 5.51. The van der Waals surface area contributed by atoms with E-state index in [0.717, 1.165) is 17.9 Å². The van der Waals surface area contributed by atoms with Gasteiger partial charge in [-0.25, -0.2) is 0 Å². The van der Waals surface area contributed by atoms with E-state index in [1.54, 1.807) is 0 Å². The van der Waals surface area contributed by atoms with Crippen molar-refractivity contribution in [3.63, 3.8) is 0 Å². The van der Waals surface area contributed by atoms with Crippen molar-refractivity contribution in [2.45, 2.75) is 50.9 Å². The molecule has 1 aliphatic rings. The second kappa shape index (κ2) is 8.44. The summed E-state index contributed by atoms with van der Waals surface area (Å²) in [4.78, 5) is 11.9. The van der Waals surface area contributed by atoms with E-state index in [4.69, 9.17) is 4.74 Å². The van der Waals surface area contributed by atoms with Gasteiger partial charge in [0.25, 0.3) is 0 Å². The van der Waals surface area contributed by atoms with E-state index in [9.17, 15) is 4.79 Å². The maximum Gasteiger partial charge on any atom is 0.323 e. The Morgan fingerprint density at radius 3 is 2.86 bits per heavy atom. The van der Waals surface area contributed by atoms with Gasteiger partial charge in [0.2, 0.25) is 0 Å². The van der Waals surface area contributed by atoms with E-state index in [0.29, 0.717) is 12.6 Å². The zero-order valence-corrected chi connectivity index (χ0v) is 13.7. The molecular weight excluding hydrogens is 282 g/mol. The third kappa shape index (κ3) is 5.71. The molecule has 0 aliphatic heterocycles. The van der Waals surface area contributed by atoms with Crippen molar-refractivity contribution in [3.8, 4) is 0 Å². The zero-order valence-electron chi connectivity index (χ0n) is 12.9. The summed E-state index contributed by atoms with van der Waals surface area (Å²) in [6, 6.07) is 8.86. The Morgan fingerprint density at radius 1 is 1.43 bits per heavy atom. The van der Waals surface area contributed by atoms with Gasteiger partial charge in [-0.2, -0.15) is 11.8 Å². The van der Waals surface area contributed by atoms with Gasteiger partial charge in [0, 0.05) is 11.8 Å². The molecule has 0 aromatic heterocycles. The van der Waals surface area contributed by atoms with Crippen LogP contribution in [0.15, 0.2) is 24.3 Å². The largest absolute Gasteiger partial charge is 0.465 e. The summed E-state index contributed by atoms with van der Waals surface area (Å²) in [5.41, 5.74) is 2.72. The third-order valence-electron chi connectivity index (χ3n) is 3.66. The van der Waals surface area contributed by atoms with Crippen LogP contribution in [-0.4, -0.2) is 30.4 Å². The molecule has 0 bridgehead atoms. The first-order chi connectivity index (χ1) is 10.2. The average Bonchev–Trinajstić information content (AvgIpc) is 3.28. The van der Waals surface area contributed by atoms with Crippen LogP contribution in [0.4, 0.5) is 0 Å². The van der Waals surface area contributed by atoms with Gasteiger partial charge in [0.1, 0.15) is 6.04 Å². The van der Waals surface area contributed by atoms with Crippen LogP contribution >= 0.6 is 11.8 Å². The molecule has 1 aromatic carbocycles. The molecule has 1 unspecified atom stereocenters. The van der Waals surface area contributed by atoms with Crippen molar-refractivity contribution in [2.24, 2.45) is 0 Å². The molecular formula is C17H25NO2S. The van der Waals surface area contributed by atoms with E-state index in [-0.39, 0.29) is 12.0 Å². The number of hydrogen-bond donors (Lipinski definition) is 1. The quantitative estimate of drug-likeness (QED) is 0.561. The van der Waals surface area contributed by atoms with Gasteiger partial charge in [-0.05, 0) is 50.0 Å². The number of nitrogens with one attached hydrogen (secondary N) is 1. The lowest BCUT2D eigenvalue weighted by Gasteiger charge is -2.16. The number of aryl methyl sites for hydroxylation is 1. The number of benzene rings is 1. The summed E-state index contributed by atoms with van der Waals surface area (Å²) in [6.07, 6.45) is 3.21. The number of carbonyl (C=O) groups excluding carboxylic acids is 1. The SMILES string of the molecule is CCOC(=O)C(CCSCc1ccccc1C)NC1CC1. The van der Waals surface area contributed by atoms with Crippen molar-refractivity contribution < 1.29 is 9.53 Å². The summed E-state index contributed by atoms with van der Waals surface area (Å²) in [7, 11) is 0. The Balaban J connectivity index is 1.73. The lowest BCUT2D eigenvalue weighted by Crippen LogP contribution is -2.39. The highest BCUT2D eigenvalue weighted by Crippen LogP contribution is 2.22. The average molecular weight is 307 g/mol. The first kappa shape index (κ1) is 16.4. The number of hydrogen-bond acceptors (Lipinski definition) is 4. The van der Waals surface area contributed by atoms with E-state index in [1.807, 2.05) is 18.7 Å². The van der Waals surface area contributed by atoms with E-state index in [2.05, 4.69) is 36.5 Å². The lowest BCUT2D eigenvalue weighted by atomic mass is 10.1. The van der Waals surface area contributed by atoms with Crippen molar-refractivity contribution in [2.75, 3.05) is 12.4 Å². The van der Waals surface area contributed by atoms with Gasteiger partial charge in [0.05, 0.1) is 6.61 Å². The number of thioether (sulfide) groups is 1. The summed E-state index contributed by atoms with van der Waals surface area (Å²) >= 11 is 1.88. The summed E-state index contributed by atoms with van der Waals surface area (Å²) in [6.45, 7) is 4.46. The van der Waals surface area contributed by atoms with E-state index in [1.165, 1.54) is 24.0 Å². The van der Waals surface area contributed by atoms with Crippen LogP contribution in [0.1, 0.15) is 37.3 Å². The monoisotopic (exact) mass is 307 g/mol. The third-order valence-corrected chi connectivity index (χ3v) is 4.69. The van der Waals surface area contributed by atoms with Crippen LogP contribution in [0.5, 0.6) is 0 Å². The molecule has 0 amide bonds. The highest BCUT2D eigenvalue weighted by atomic mass is 32.2. The molecule has 0 radical (unpaired) electrons. The Morgan fingerprint density at radius 2 is 2.19 bits per heavy atom. The lowest BCUT2D eigenvalue weighted by molar-refractivity contribution is -0.145. The number of carbonyl (C=O) groups is 1. The molecule has 0 saturated heterocycles. The molecule has 1 fully saturated rings. The van der Waals surface area contributed by atoms with Crippen LogP contribution in [0.2, 0.25) is 0 Å². The topological polar surface area (TPSA) is 38.3 Å². The first-order valence-electron chi connectivity index (χ1n) is 7.75. The van der Waals surface area contributed by atoms with Gasteiger partial charge in [-0.15, -0.1) is 0 Å². The molecule has 3 nitrogen and oxygen atoms in total. The predicted molar refractivity (Wildman–Crippen MR) is 88.5 cm³/mol. The molecule has 1 aliphatic carbocycles. The van der Waals surface area contributed by atoms with Gasteiger partial charge in [0.15, 0.2) is 0 Å². The van der Waals surface area contributed by atoms with Crippen LogP contribution in [0.25, 0.3) is 0 Å². The smallest absolute Gasteiger partial charge is 0.323 e. The number of ether oxygens (including phenoxy) is 1. The first-order valence-corrected chi connectivity index (χ1v) is 8.91. The van der Waals surface area contributed by atoms with Gasteiger partial charge in [-0.1, -0.05) is 24.3 Å².